The van der Waals surface area contributed by atoms with E-state index in [0.717, 1.165) is 36.9 Å². The van der Waals surface area contributed by atoms with E-state index in [2.05, 4.69) is 66.1 Å². The van der Waals surface area contributed by atoms with E-state index in [4.69, 9.17) is 0 Å². The monoisotopic (exact) mass is 521 g/mol. The number of hydrogen-bond acceptors (Lipinski definition) is 3. The van der Waals surface area contributed by atoms with Crippen LogP contribution in [-0.4, -0.2) is 20.3 Å². The molecule has 2 aromatic carbocycles. The first-order chi connectivity index (χ1) is 14.5. The van der Waals surface area contributed by atoms with Gasteiger partial charge in [-0.2, -0.15) is 0 Å². The maximum Gasteiger partial charge on any atom is 0.234 e. The van der Waals surface area contributed by atoms with E-state index in [9.17, 15) is 4.79 Å². The Kier molecular flexibility index (Phi) is 4.91. The Morgan fingerprint density at radius 1 is 0.867 bits per heavy atom. The van der Waals surface area contributed by atoms with E-state index < -0.39 is 0 Å². The maximum absolute atomic E-state index is 13.2. The fraction of sp³-hybridized carbons (Fsp3) is 0.125. The first-order valence-corrected chi connectivity index (χ1v) is 11.2. The second-order valence-corrected chi connectivity index (χ2v) is 9.25. The Hall–Kier alpha value is -2.57. The lowest BCUT2D eigenvalue weighted by molar-refractivity contribution is 0.0940. The van der Waals surface area contributed by atoms with E-state index in [1.54, 1.807) is 18.5 Å². The lowest BCUT2D eigenvalue weighted by atomic mass is 9.96. The SMILES string of the molecule is CC1Cc2c(-c3ccc(Br)cc3)c(-c3ccc(Br)cc3)n(-c3ncccn3)c2C1=O. The zero-order valence-corrected chi connectivity index (χ0v) is 19.3. The lowest BCUT2D eigenvalue weighted by Crippen LogP contribution is -2.13. The number of hydrogen-bond donors (Lipinski definition) is 0. The minimum atomic E-state index is -0.0573. The molecular formula is C24H17Br2N3O. The number of rotatable bonds is 3. The number of fused-ring (bicyclic) bond motifs is 1. The van der Waals surface area contributed by atoms with Crippen LogP contribution in [0.3, 0.4) is 0 Å². The molecule has 1 aliphatic carbocycles. The second-order valence-electron chi connectivity index (χ2n) is 7.42. The molecule has 1 atom stereocenters. The average molecular weight is 523 g/mol. The molecule has 30 heavy (non-hydrogen) atoms. The number of carbonyl (C=O) groups is 1. The number of halogens is 2. The van der Waals surface area contributed by atoms with Crippen molar-refractivity contribution in [3.63, 3.8) is 0 Å². The maximum atomic E-state index is 13.2. The topological polar surface area (TPSA) is 47.8 Å². The summed E-state index contributed by atoms with van der Waals surface area (Å²) in [7, 11) is 0. The predicted molar refractivity (Wildman–Crippen MR) is 125 cm³/mol. The molecule has 0 saturated heterocycles. The second kappa shape index (κ2) is 7.60. The number of benzene rings is 2. The van der Waals surface area contributed by atoms with Crippen molar-refractivity contribution in [3.05, 3.63) is 87.2 Å². The molecule has 0 aliphatic heterocycles. The highest BCUT2D eigenvalue weighted by molar-refractivity contribution is 9.10. The van der Waals surface area contributed by atoms with Gasteiger partial charge in [0.25, 0.3) is 0 Å². The van der Waals surface area contributed by atoms with E-state index >= 15 is 0 Å². The molecule has 2 heterocycles. The summed E-state index contributed by atoms with van der Waals surface area (Å²) < 4.78 is 3.97. The molecule has 5 rings (SSSR count). The summed E-state index contributed by atoms with van der Waals surface area (Å²) in [5, 5.41) is 0. The Labute approximate surface area is 191 Å². The number of aromatic nitrogens is 3. The van der Waals surface area contributed by atoms with E-state index in [0.29, 0.717) is 18.1 Å². The largest absolute Gasteiger partial charge is 0.292 e. The van der Waals surface area contributed by atoms with Crippen molar-refractivity contribution in [1.29, 1.82) is 0 Å². The molecule has 1 aliphatic rings. The number of Topliss-reactive ketones (excluding diaryl/α,β-unsaturated/α-hetero) is 1. The quantitative estimate of drug-likeness (QED) is 0.308. The van der Waals surface area contributed by atoms with Crippen LogP contribution in [0.2, 0.25) is 0 Å². The van der Waals surface area contributed by atoms with Crippen molar-refractivity contribution >= 4 is 37.6 Å². The van der Waals surface area contributed by atoms with Gasteiger partial charge in [0.05, 0.1) is 11.4 Å². The Morgan fingerprint density at radius 3 is 2.03 bits per heavy atom. The highest BCUT2D eigenvalue weighted by Gasteiger charge is 2.38. The molecule has 0 bridgehead atoms. The molecule has 148 valence electrons. The summed E-state index contributed by atoms with van der Waals surface area (Å²) in [6.45, 7) is 1.99. The van der Waals surface area contributed by atoms with Crippen LogP contribution in [0.5, 0.6) is 0 Å². The molecule has 0 N–H and O–H groups in total. The molecule has 1 unspecified atom stereocenters. The Morgan fingerprint density at radius 2 is 1.43 bits per heavy atom. The third kappa shape index (κ3) is 3.15. The van der Waals surface area contributed by atoms with Gasteiger partial charge in [-0.05, 0) is 53.4 Å². The summed E-state index contributed by atoms with van der Waals surface area (Å²) in [6.07, 6.45) is 4.13. The Balaban J connectivity index is 1.90. The van der Waals surface area contributed by atoms with Crippen LogP contribution in [0.15, 0.2) is 75.9 Å². The highest BCUT2D eigenvalue weighted by atomic mass is 79.9. The molecule has 2 aromatic heterocycles. The van der Waals surface area contributed by atoms with Gasteiger partial charge in [0.1, 0.15) is 0 Å². The van der Waals surface area contributed by atoms with Crippen LogP contribution >= 0.6 is 31.9 Å². The van der Waals surface area contributed by atoms with Gasteiger partial charge in [-0.15, -0.1) is 0 Å². The first-order valence-electron chi connectivity index (χ1n) is 9.65. The molecule has 4 aromatic rings. The summed E-state index contributed by atoms with van der Waals surface area (Å²) in [5.41, 5.74) is 5.87. The molecule has 0 amide bonds. The number of ketones is 1. The van der Waals surface area contributed by atoms with Crippen molar-refractivity contribution in [2.75, 3.05) is 0 Å². The van der Waals surface area contributed by atoms with Gasteiger partial charge >= 0.3 is 0 Å². The van der Waals surface area contributed by atoms with Gasteiger partial charge < -0.3 is 0 Å². The van der Waals surface area contributed by atoms with Gasteiger partial charge in [0.15, 0.2) is 5.78 Å². The average Bonchev–Trinajstić information content (AvgIpc) is 3.23. The third-order valence-electron chi connectivity index (χ3n) is 5.47. The summed E-state index contributed by atoms with van der Waals surface area (Å²) in [5.74, 6) is 0.592. The van der Waals surface area contributed by atoms with E-state index in [1.807, 2.05) is 35.8 Å². The van der Waals surface area contributed by atoms with Crippen LogP contribution in [0, 0.1) is 5.92 Å². The molecule has 0 radical (unpaired) electrons. The Bertz CT molecular complexity index is 1250. The van der Waals surface area contributed by atoms with Crippen molar-refractivity contribution in [1.82, 2.24) is 14.5 Å². The highest BCUT2D eigenvalue weighted by Crippen LogP contribution is 2.45. The minimum Gasteiger partial charge on any atom is -0.292 e. The number of carbonyl (C=O) groups excluding carboxylic acids is 1. The standard InChI is InChI=1S/C24H17Br2N3O/c1-14-13-19-20(15-3-7-17(25)8-4-15)21(16-5-9-18(26)10-6-16)29(22(19)23(14)30)24-27-11-2-12-28-24/h2-12,14H,13H2,1H3. The lowest BCUT2D eigenvalue weighted by Gasteiger charge is -2.14. The normalized spacial score (nSPS) is 15.4. The van der Waals surface area contributed by atoms with Crippen LogP contribution in [0.4, 0.5) is 0 Å². The summed E-state index contributed by atoms with van der Waals surface area (Å²) in [6, 6.07) is 18.2. The van der Waals surface area contributed by atoms with Crippen molar-refractivity contribution in [2.24, 2.45) is 5.92 Å². The van der Waals surface area contributed by atoms with Crippen molar-refractivity contribution in [2.45, 2.75) is 13.3 Å². The van der Waals surface area contributed by atoms with Crippen LogP contribution in [0.1, 0.15) is 23.0 Å². The molecule has 6 heteroatoms. The molecule has 0 fully saturated rings. The van der Waals surface area contributed by atoms with Gasteiger partial charge in [-0.25, -0.2) is 9.97 Å². The molecular weight excluding hydrogens is 506 g/mol. The van der Waals surface area contributed by atoms with Gasteiger partial charge in [-0.3, -0.25) is 9.36 Å². The molecule has 4 nitrogen and oxygen atoms in total. The summed E-state index contributed by atoms with van der Waals surface area (Å²) >= 11 is 7.05. The van der Waals surface area contributed by atoms with Gasteiger partial charge in [0.2, 0.25) is 5.95 Å². The third-order valence-corrected chi connectivity index (χ3v) is 6.52. The predicted octanol–water partition coefficient (Wildman–Crippen LogP) is 6.50. The van der Waals surface area contributed by atoms with Gasteiger partial charge in [-0.1, -0.05) is 63.0 Å². The summed E-state index contributed by atoms with van der Waals surface area (Å²) in [4.78, 5) is 22.2. The molecule has 0 saturated carbocycles. The first kappa shape index (κ1) is 19.4. The van der Waals surface area contributed by atoms with Crippen LogP contribution in [0.25, 0.3) is 28.3 Å². The smallest absolute Gasteiger partial charge is 0.234 e. The fourth-order valence-corrected chi connectivity index (χ4v) is 4.65. The minimum absolute atomic E-state index is 0.0573. The van der Waals surface area contributed by atoms with Crippen LogP contribution < -0.4 is 0 Å². The van der Waals surface area contributed by atoms with Crippen molar-refractivity contribution in [3.8, 4) is 28.3 Å². The van der Waals surface area contributed by atoms with Crippen LogP contribution in [-0.2, 0) is 6.42 Å². The zero-order chi connectivity index (χ0) is 20.8. The zero-order valence-electron chi connectivity index (χ0n) is 16.1. The van der Waals surface area contributed by atoms with Gasteiger partial charge in [0, 0.05) is 32.8 Å². The van der Waals surface area contributed by atoms with E-state index in [-0.39, 0.29) is 11.7 Å². The number of nitrogens with zero attached hydrogens (tertiary/aromatic N) is 3. The van der Waals surface area contributed by atoms with E-state index in [1.165, 1.54) is 0 Å². The fourth-order valence-electron chi connectivity index (χ4n) is 4.13. The van der Waals surface area contributed by atoms with Crippen molar-refractivity contribution < 1.29 is 4.79 Å². The molecule has 0 spiro atoms.